The number of ether oxygens (including phenoxy) is 2. The van der Waals surface area contributed by atoms with Gasteiger partial charge in [-0.15, -0.1) is 5.10 Å². The van der Waals surface area contributed by atoms with Crippen LogP contribution in [-0.2, 0) is 4.74 Å². The maximum absolute atomic E-state index is 7.36. The molecule has 2 rings (SSSR count). The summed E-state index contributed by atoms with van der Waals surface area (Å²) in [6, 6.07) is 1.61. The number of nitrogen functional groups attached to an aromatic ring is 1. The molecule has 1 aliphatic rings. The van der Waals surface area contributed by atoms with E-state index < -0.39 is 0 Å². The average molecular weight is 222 g/mol. The van der Waals surface area contributed by atoms with Crippen molar-refractivity contribution in [2.24, 2.45) is 5.73 Å². The molecule has 1 fully saturated rings. The Morgan fingerprint density at radius 2 is 2.56 bits per heavy atom. The van der Waals surface area contributed by atoms with E-state index in [0.717, 1.165) is 19.4 Å². The number of aromatic nitrogens is 2. The van der Waals surface area contributed by atoms with Gasteiger partial charge in [-0.25, -0.2) is 0 Å². The topological polar surface area (TPSA) is 94.1 Å². The Bertz CT molecular complexity index is 377. The maximum atomic E-state index is 7.36. The molecule has 1 atom stereocenters. The number of nitrogens with two attached hydrogens (primary N) is 1. The molecule has 0 aromatic carbocycles. The molecule has 6 heteroatoms. The maximum Gasteiger partial charge on any atom is 0.244 e. The second-order valence-electron chi connectivity index (χ2n) is 3.61. The van der Waals surface area contributed by atoms with Gasteiger partial charge in [-0.3, -0.25) is 5.41 Å². The van der Waals surface area contributed by atoms with Crippen LogP contribution in [0.15, 0.2) is 12.3 Å². The van der Waals surface area contributed by atoms with Gasteiger partial charge >= 0.3 is 0 Å². The Morgan fingerprint density at radius 1 is 1.69 bits per heavy atom. The molecule has 0 saturated carbocycles. The van der Waals surface area contributed by atoms with Crippen LogP contribution in [0.4, 0.5) is 0 Å². The highest BCUT2D eigenvalue weighted by atomic mass is 16.5. The second kappa shape index (κ2) is 4.89. The van der Waals surface area contributed by atoms with Crippen molar-refractivity contribution >= 4 is 5.84 Å². The number of hydrogen-bond donors (Lipinski definition) is 2. The summed E-state index contributed by atoms with van der Waals surface area (Å²) >= 11 is 0. The van der Waals surface area contributed by atoms with Gasteiger partial charge < -0.3 is 15.2 Å². The fourth-order valence-corrected chi connectivity index (χ4v) is 1.58. The molecule has 0 spiro atoms. The molecule has 1 unspecified atom stereocenters. The number of nitrogens with one attached hydrogen (secondary N) is 1. The molecule has 16 heavy (non-hydrogen) atoms. The Kier molecular flexibility index (Phi) is 3.31. The predicted octanol–water partition coefficient (Wildman–Crippen LogP) is 0.318. The molecule has 86 valence electrons. The number of hydrogen-bond acceptors (Lipinski definition) is 5. The minimum absolute atomic E-state index is 0.0720. The third kappa shape index (κ3) is 2.46. The van der Waals surface area contributed by atoms with Crippen LogP contribution in [0.3, 0.4) is 0 Å². The fraction of sp³-hybridized carbons (Fsp3) is 0.500. The largest absolute Gasteiger partial charge is 0.473 e. The molecular weight excluding hydrogens is 208 g/mol. The lowest BCUT2D eigenvalue weighted by molar-refractivity contribution is 0.0659. The van der Waals surface area contributed by atoms with E-state index in [9.17, 15) is 0 Å². The summed E-state index contributed by atoms with van der Waals surface area (Å²) < 4.78 is 10.9. The molecule has 1 aromatic rings. The number of nitrogens with zero attached hydrogens (tertiary/aromatic N) is 2. The van der Waals surface area contributed by atoms with Gasteiger partial charge in [0.2, 0.25) is 5.88 Å². The fourth-order valence-electron chi connectivity index (χ4n) is 1.58. The Morgan fingerprint density at radius 3 is 3.25 bits per heavy atom. The van der Waals surface area contributed by atoms with Crippen molar-refractivity contribution in [3.05, 3.63) is 17.8 Å². The summed E-state index contributed by atoms with van der Waals surface area (Å²) in [6.07, 6.45) is 3.65. The van der Waals surface area contributed by atoms with Gasteiger partial charge in [0.1, 0.15) is 12.4 Å². The number of amidine groups is 1. The van der Waals surface area contributed by atoms with E-state index in [1.807, 2.05) is 0 Å². The SMILES string of the molecule is N=C(N)c1ccnnc1OCC1CCCO1. The molecule has 0 aliphatic carbocycles. The first kappa shape index (κ1) is 10.8. The van der Waals surface area contributed by atoms with E-state index >= 15 is 0 Å². The van der Waals surface area contributed by atoms with Crippen molar-refractivity contribution in [2.45, 2.75) is 18.9 Å². The Labute approximate surface area is 93.3 Å². The molecule has 0 amide bonds. The molecule has 2 heterocycles. The average Bonchev–Trinajstić information content (AvgIpc) is 2.79. The van der Waals surface area contributed by atoms with E-state index in [2.05, 4.69) is 10.2 Å². The quantitative estimate of drug-likeness (QED) is 0.565. The van der Waals surface area contributed by atoms with Gasteiger partial charge in [0.05, 0.1) is 17.9 Å². The van der Waals surface area contributed by atoms with Crippen LogP contribution in [0, 0.1) is 5.41 Å². The van der Waals surface area contributed by atoms with Crippen molar-refractivity contribution in [2.75, 3.05) is 13.2 Å². The second-order valence-corrected chi connectivity index (χ2v) is 3.61. The normalized spacial score (nSPS) is 19.6. The molecule has 1 aliphatic heterocycles. The molecule has 0 bridgehead atoms. The van der Waals surface area contributed by atoms with Crippen molar-refractivity contribution in [1.29, 1.82) is 5.41 Å². The van der Waals surface area contributed by atoms with Crippen LogP contribution < -0.4 is 10.5 Å². The lowest BCUT2D eigenvalue weighted by Crippen LogP contribution is -2.20. The van der Waals surface area contributed by atoms with Crippen molar-refractivity contribution in [3.63, 3.8) is 0 Å². The highest BCUT2D eigenvalue weighted by Gasteiger charge is 2.17. The summed E-state index contributed by atoms with van der Waals surface area (Å²) in [5, 5.41) is 14.9. The smallest absolute Gasteiger partial charge is 0.244 e. The van der Waals surface area contributed by atoms with Crippen LogP contribution in [0.1, 0.15) is 18.4 Å². The lowest BCUT2D eigenvalue weighted by atomic mass is 10.2. The first-order valence-corrected chi connectivity index (χ1v) is 5.18. The first-order valence-electron chi connectivity index (χ1n) is 5.18. The summed E-state index contributed by atoms with van der Waals surface area (Å²) in [7, 11) is 0. The van der Waals surface area contributed by atoms with Gasteiger partial charge in [-0.2, -0.15) is 5.10 Å². The van der Waals surface area contributed by atoms with Crippen LogP contribution in [0.5, 0.6) is 5.88 Å². The van der Waals surface area contributed by atoms with Crippen LogP contribution in [0.2, 0.25) is 0 Å². The minimum Gasteiger partial charge on any atom is -0.473 e. The van der Waals surface area contributed by atoms with Crippen LogP contribution in [0.25, 0.3) is 0 Å². The minimum atomic E-state index is -0.0720. The third-order valence-electron chi connectivity index (χ3n) is 2.41. The zero-order valence-electron chi connectivity index (χ0n) is 8.85. The predicted molar refractivity (Wildman–Crippen MR) is 57.5 cm³/mol. The Balaban J connectivity index is 2.00. The van der Waals surface area contributed by atoms with Gasteiger partial charge in [-0.1, -0.05) is 0 Å². The molecule has 1 saturated heterocycles. The van der Waals surface area contributed by atoms with Crippen molar-refractivity contribution in [1.82, 2.24) is 10.2 Å². The van der Waals surface area contributed by atoms with E-state index in [4.69, 9.17) is 20.6 Å². The summed E-state index contributed by atoms with van der Waals surface area (Å²) in [6.45, 7) is 1.22. The standard InChI is InChI=1S/C10H14N4O2/c11-9(12)8-3-4-13-14-10(8)16-6-7-2-1-5-15-7/h3-4,7H,1-2,5-6H2,(H3,11,12). The zero-order valence-corrected chi connectivity index (χ0v) is 8.85. The molecule has 0 radical (unpaired) electrons. The van der Waals surface area contributed by atoms with E-state index in [0.29, 0.717) is 18.1 Å². The number of rotatable bonds is 4. The van der Waals surface area contributed by atoms with E-state index in [1.165, 1.54) is 6.20 Å². The van der Waals surface area contributed by atoms with Crippen LogP contribution in [-0.4, -0.2) is 35.4 Å². The monoisotopic (exact) mass is 222 g/mol. The summed E-state index contributed by atoms with van der Waals surface area (Å²) in [5.41, 5.74) is 5.87. The van der Waals surface area contributed by atoms with Crippen molar-refractivity contribution < 1.29 is 9.47 Å². The molecule has 1 aromatic heterocycles. The Hall–Kier alpha value is -1.69. The molecule has 3 N–H and O–H groups in total. The molecule has 6 nitrogen and oxygen atoms in total. The first-order chi connectivity index (χ1) is 7.77. The zero-order chi connectivity index (χ0) is 11.4. The van der Waals surface area contributed by atoms with E-state index in [1.54, 1.807) is 6.07 Å². The van der Waals surface area contributed by atoms with Crippen molar-refractivity contribution in [3.8, 4) is 5.88 Å². The summed E-state index contributed by atoms with van der Waals surface area (Å²) in [4.78, 5) is 0. The van der Waals surface area contributed by atoms with Gasteiger partial charge in [0.15, 0.2) is 0 Å². The third-order valence-corrected chi connectivity index (χ3v) is 2.41. The van der Waals surface area contributed by atoms with Gasteiger partial charge in [0, 0.05) is 6.61 Å². The lowest BCUT2D eigenvalue weighted by Gasteiger charge is -2.12. The van der Waals surface area contributed by atoms with Gasteiger partial charge in [0.25, 0.3) is 0 Å². The van der Waals surface area contributed by atoms with Gasteiger partial charge in [-0.05, 0) is 18.9 Å². The summed E-state index contributed by atoms with van der Waals surface area (Å²) in [5.74, 6) is 0.225. The molecular formula is C10H14N4O2. The highest BCUT2D eigenvalue weighted by Crippen LogP contribution is 2.16. The van der Waals surface area contributed by atoms with E-state index in [-0.39, 0.29) is 11.9 Å². The van der Waals surface area contributed by atoms with Crippen LogP contribution >= 0.6 is 0 Å². The highest BCUT2D eigenvalue weighted by molar-refractivity contribution is 5.96.